The number of carbonyl (C=O) groups is 1. The maximum atomic E-state index is 12.5. The number of aromatic nitrogens is 2. The summed E-state index contributed by atoms with van der Waals surface area (Å²) in [6.45, 7) is 0. The van der Waals surface area contributed by atoms with Gasteiger partial charge >= 0.3 is 0 Å². The zero-order chi connectivity index (χ0) is 19.6. The van der Waals surface area contributed by atoms with E-state index in [9.17, 15) is 9.59 Å². The van der Waals surface area contributed by atoms with E-state index in [-0.39, 0.29) is 27.3 Å². The Labute approximate surface area is 163 Å². The Bertz CT molecular complexity index is 956. The van der Waals surface area contributed by atoms with Crippen molar-refractivity contribution >= 4 is 46.7 Å². The minimum absolute atomic E-state index is 0.00308. The molecule has 26 heavy (non-hydrogen) atoms. The third-order valence-electron chi connectivity index (χ3n) is 3.28. The minimum Gasteiger partial charge on any atom is -0.320 e. The van der Waals surface area contributed by atoms with Crippen LogP contribution in [0.3, 0.4) is 0 Å². The molecule has 12 heteroatoms. The summed E-state index contributed by atoms with van der Waals surface area (Å²) in [6.07, 6.45) is 0. The van der Waals surface area contributed by atoms with Crippen molar-refractivity contribution in [2.75, 3.05) is 7.05 Å². The maximum absolute atomic E-state index is 12.5. The number of guanidine groups is 1. The zero-order valence-corrected chi connectivity index (χ0v) is 15.9. The molecule has 1 amide bonds. The van der Waals surface area contributed by atoms with Crippen molar-refractivity contribution in [3.8, 4) is 11.1 Å². The van der Waals surface area contributed by atoms with Crippen LogP contribution >= 0.6 is 34.8 Å². The average molecular weight is 419 g/mol. The van der Waals surface area contributed by atoms with Gasteiger partial charge in [0.15, 0.2) is 5.69 Å². The number of nitrogens with zero attached hydrogens (tertiary/aromatic N) is 4. The molecule has 0 atom stereocenters. The first-order chi connectivity index (χ1) is 12.2. The van der Waals surface area contributed by atoms with Gasteiger partial charge in [-0.15, -0.1) is 5.10 Å². The van der Waals surface area contributed by atoms with E-state index in [0.29, 0.717) is 10.6 Å². The highest BCUT2D eigenvalue weighted by Gasteiger charge is 2.24. The first-order valence-corrected chi connectivity index (χ1v) is 8.10. The Morgan fingerprint density at radius 1 is 1.35 bits per heavy atom. The number of hydrogen-bond donors (Lipinski definition) is 3. The summed E-state index contributed by atoms with van der Waals surface area (Å²) in [5, 5.41) is 10.9. The molecule has 0 aliphatic heterocycles. The number of halogens is 3. The van der Waals surface area contributed by atoms with Gasteiger partial charge in [-0.05, 0) is 12.1 Å². The van der Waals surface area contributed by atoms with E-state index in [1.807, 2.05) is 0 Å². The Morgan fingerprint density at radius 3 is 2.54 bits per heavy atom. The highest BCUT2D eigenvalue weighted by Crippen LogP contribution is 2.33. The summed E-state index contributed by atoms with van der Waals surface area (Å²) in [7, 11) is 2.79. The number of aryl methyl sites for hydroxylation is 1. The van der Waals surface area contributed by atoms with Crippen LogP contribution in [0.1, 0.15) is 10.5 Å². The van der Waals surface area contributed by atoms with E-state index in [2.05, 4.69) is 15.5 Å². The summed E-state index contributed by atoms with van der Waals surface area (Å²) in [5.74, 6) is 9.75. The van der Waals surface area contributed by atoms with Gasteiger partial charge in [0.05, 0.1) is 15.6 Å². The smallest absolute Gasteiger partial charge is 0.280 e. The monoisotopic (exact) mass is 417 g/mol. The van der Waals surface area contributed by atoms with Gasteiger partial charge in [0.2, 0.25) is 5.96 Å². The molecule has 0 bridgehead atoms. The molecule has 0 aliphatic carbocycles. The highest BCUT2D eigenvalue weighted by atomic mass is 35.5. The first kappa shape index (κ1) is 20.0. The normalized spacial score (nSPS) is 11.4. The van der Waals surface area contributed by atoms with Crippen molar-refractivity contribution in [1.29, 1.82) is 0 Å². The number of nitrogens with one attached hydrogen (secondary N) is 1. The van der Waals surface area contributed by atoms with Gasteiger partial charge < -0.3 is 5.84 Å². The number of nitrogens with two attached hydrogens (primary N) is 2. The van der Waals surface area contributed by atoms with Crippen LogP contribution in [0.15, 0.2) is 28.1 Å². The number of benzene rings is 1. The fraction of sp³-hybridized carbons (Fsp3) is 0.143. The third-order valence-corrected chi connectivity index (χ3v) is 4.20. The van der Waals surface area contributed by atoms with Crippen molar-refractivity contribution in [2.24, 2.45) is 23.8 Å². The van der Waals surface area contributed by atoms with Gasteiger partial charge in [0, 0.05) is 24.7 Å². The van der Waals surface area contributed by atoms with Crippen LogP contribution in [0.4, 0.5) is 0 Å². The van der Waals surface area contributed by atoms with Gasteiger partial charge in [-0.2, -0.15) is 5.10 Å². The van der Waals surface area contributed by atoms with Crippen molar-refractivity contribution < 1.29 is 4.79 Å². The van der Waals surface area contributed by atoms with E-state index in [0.717, 1.165) is 9.69 Å². The van der Waals surface area contributed by atoms with Crippen LogP contribution in [0.2, 0.25) is 15.1 Å². The number of amides is 1. The van der Waals surface area contributed by atoms with Gasteiger partial charge in [0.25, 0.3) is 11.5 Å². The average Bonchev–Trinajstić information content (AvgIpc) is 2.57. The standard InChI is InChI=1S/C14H14Cl3N7O2/c1-23(19)14(21-18)20-12(25)11-10(17)9(13(26)24(2)22-11)7-4-3-6(15)5-8(7)16/h3-5H,18-19H2,1-2H3,(H,20,21,25). The molecule has 2 aromatic rings. The van der Waals surface area contributed by atoms with Crippen LogP contribution in [-0.4, -0.2) is 33.7 Å². The van der Waals surface area contributed by atoms with Crippen molar-refractivity contribution in [2.45, 2.75) is 0 Å². The Balaban J connectivity index is 2.63. The molecule has 2 rings (SSSR count). The second-order valence-electron chi connectivity index (χ2n) is 5.11. The van der Waals surface area contributed by atoms with Gasteiger partial charge in [0.1, 0.15) is 0 Å². The van der Waals surface area contributed by atoms with Crippen molar-refractivity contribution in [3.05, 3.63) is 49.3 Å². The van der Waals surface area contributed by atoms with E-state index in [1.165, 1.54) is 26.2 Å². The van der Waals surface area contributed by atoms with Crippen LogP contribution in [0.5, 0.6) is 0 Å². The Kier molecular flexibility index (Phi) is 6.09. The van der Waals surface area contributed by atoms with E-state index in [1.54, 1.807) is 6.07 Å². The predicted molar refractivity (Wildman–Crippen MR) is 101 cm³/mol. The molecule has 0 saturated heterocycles. The van der Waals surface area contributed by atoms with E-state index < -0.39 is 11.5 Å². The minimum atomic E-state index is -0.765. The summed E-state index contributed by atoms with van der Waals surface area (Å²) in [6, 6.07) is 4.52. The molecule has 0 fully saturated rings. The van der Waals surface area contributed by atoms with Gasteiger partial charge in [-0.25, -0.2) is 10.5 Å². The molecule has 5 N–H and O–H groups in total. The van der Waals surface area contributed by atoms with Crippen molar-refractivity contribution in [1.82, 2.24) is 20.1 Å². The molecule has 9 nitrogen and oxygen atoms in total. The molecule has 0 radical (unpaired) electrons. The molecule has 0 saturated carbocycles. The highest BCUT2D eigenvalue weighted by molar-refractivity contribution is 6.39. The predicted octanol–water partition coefficient (Wildman–Crippen LogP) is 1.17. The molecule has 0 unspecified atom stereocenters. The lowest BCUT2D eigenvalue weighted by Crippen LogP contribution is -2.46. The number of hydrazone groups is 1. The van der Waals surface area contributed by atoms with Crippen LogP contribution in [-0.2, 0) is 7.05 Å². The molecular formula is C14H14Cl3N7O2. The zero-order valence-electron chi connectivity index (χ0n) is 13.6. The fourth-order valence-corrected chi connectivity index (χ4v) is 2.87. The quantitative estimate of drug-likeness (QED) is 0.290. The van der Waals surface area contributed by atoms with Crippen LogP contribution in [0, 0.1) is 0 Å². The SMILES string of the molecule is CN(N)/C(=N\N)NC(=O)c1nn(C)c(=O)c(-c2ccc(Cl)cc2Cl)c1Cl. The maximum Gasteiger partial charge on any atom is 0.280 e. The summed E-state index contributed by atoms with van der Waals surface area (Å²) < 4.78 is 0.965. The number of hydrogen-bond acceptors (Lipinski definition) is 6. The lowest BCUT2D eigenvalue weighted by Gasteiger charge is -2.16. The lowest BCUT2D eigenvalue weighted by molar-refractivity contribution is 0.0965. The summed E-state index contributed by atoms with van der Waals surface area (Å²) >= 11 is 18.3. The molecule has 1 aromatic carbocycles. The third kappa shape index (κ3) is 3.91. The van der Waals surface area contributed by atoms with Crippen LogP contribution < -0.4 is 22.6 Å². The largest absolute Gasteiger partial charge is 0.320 e. The molecule has 138 valence electrons. The number of carbonyl (C=O) groups excluding carboxylic acids is 1. The Hall–Kier alpha value is -2.33. The second kappa shape index (κ2) is 7.92. The summed E-state index contributed by atoms with van der Waals surface area (Å²) in [5.41, 5.74) is -0.470. The molecule has 0 spiro atoms. The van der Waals surface area contributed by atoms with E-state index >= 15 is 0 Å². The van der Waals surface area contributed by atoms with E-state index in [4.69, 9.17) is 46.5 Å². The summed E-state index contributed by atoms with van der Waals surface area (Å²) in [4.78, 5) is 25.0. The lowest BCUT2D eigenvalue weighted by atomic mass is 10.1. The van der Waals surface area contributed by atoms with Gasteiger partial charge in [-0.1, -0.05) is 40.9 Å². The van der Waals surface area contributed by atoms with Crippen molar-refractivity contribution in [3.63, 3.8) is 0 Å². The molecule has 1 aromatic heterocycles. The number of hydrazine groups is 1. The topological polar surface area (TPSA) is 132 Å². The molecule has 0 aliphatic rings. The first-order valence-electron chi connectivity index (χ1n) is 6.97. The molecule has 1 heterocycles. The number of rotatable bonds is 2. The van der Waals surface area contributed by atoms with Crippen LogP contribution in [0.25, 0.3) is 11.1 Å². The van der Waals surface area contributed by atoms with Gasteiger partial charge in [-0.3, -0.25) is 19.9 Å². The second-order valence-corrected chi connectivity index (χ2v) is 6.33. The Morgan fingerprint density at radius 2 is 2.00 bits per heavy atom. The molecular weight excluding hydrogens is 405 g/mol. The fourth-order valence-electron chi connectivity index (χ4n) is 2.06.